The summed E-state index contributed by atoms with van der Waals surface area (Å²) in [5, 5.41) is 7.32. The Morgan fingerprint density at radius 3 is 1.75 bits per heavy atom. The van der Waals surface area contributed by atoms with Crippen LogP contribution in [0.25, 0.3) is 0 Å². The van der Waals surface area contributed by atoms with E-state index in [0.717, 1.165) is 0 Å². The summed E-state index contributed by atoms with van der Waals surface area (Å²) >= 11 is 0. The first-order valence-electron chi connectivity index (χ1n) is 0.724. The maximum Gasteiger partial charge on any atom is 2.00 e. The maximum absolute atomic E-state index is 7.32. The van der Waals surface area contributed by atoms with Crippen molar-refractivity contribution in [2.75, 3.05) is 0 Å². The molecule has 0 aliphatic heterocycles. The van der Waals surface area contributed by atoms with Gasteiger partial charge in [0.05, 0.1) is 6.07 Å². The summed E-state index contributed by atoms with van der Waals surface area (Å²) in [7, 11) is 0. The Morgan fingerprint density at radius 2 is 1.75 bits per heavy atom. The first-order chi connectivity index (χ1) is 1.41. The first kappa shape index (κ1) is 8.91. The zero-order chi connectivity index (χ0) is 2.71. The van der Waals surface area contributed by atoms with Crippen molar-refractivity contribution in [3.63, 3.8) is 0 Å². The zero-order valence-electron chi connectivity index (χ0n) is 2.26. The fourth-order valence-corrected chi connectivity index (χ4v) is 0. The van der Waals surface area contributed by atoms with E-state index in [0.29, 0.717) is 0 Å². The quantitative estimate of drug-likeness (QED) is 0.459. The molecule has 0 spiro atoms. The Hall–Kier alpha value is 0.152. The zero-order valence-corrected chi connectivity index (χ0v) is 3.82. The van der Waals surface area contributed by atoms with Crippen LogP contribution in [0.4, 0.5) is 0 Å². The summed E-state index contributed by atoms with van der Waals surface area (Å²) in [4.78, 5) is 0. The third-order valence-electron chi connectivity index (χ3n) is 0. The normalized spacial score (nSPS) is 2.00. The van der Waals surface area contributed by atoms with Gasteiger partial charge in [0.25, 0.3) is 0 Å². The van der Waals surface area contributed by atoms with E-state index in [9.17, 15) is 0 Å². The second-order valence-electron chi connectivity index (χ2n) is 0.224. The van der Waals surface area contributed by atoms with Crippen molar-refractivity contribution in [3.05, 3.63) is 0 Å². The van der Waals surface area contributed by atoms with Gasteiger partial charge in [-0.15, -0.1) is 0 Å². The van der Waals surface area contributed by atoms with Crippen molar-refractivity contribution in [3.8, 4) is 6.07 Å². The van der Waals surface area contributed by atoms with Gasteiger partial charge in [0.15, 0.2) is 0 Å². The SMILES string of the molecule is CC#N.[Pd+2]. The van der Waals surface area contributed by atoms with Crippen molar-refractivity contribution < 1.29 is 20.4 Å². The predicted molar refractivity (Wildman–Crippen MR) is 11.3 cm³/mol. The van der Waals surface area contributed by atoms with Gasteiger partial charge in [-0.2, -0.15) is 5.26 Å². The summed E-state index contributed by atoms with van der Waals surface area (Å²) in [5.74, 6) is 0. The minimum Gasteiger partial charge on any atom is -0.199 e. The molecule has 2 heteroatoms. The van der Waals surface area contributed by atoms with Gasteiger partial charge >= 0.3 is 20.4 Å². The molecule has 0 aromatic carbocycles. The monoisotopic (exact) mass is 147 g/mol. The molecule has 0 fully saturated rings. The van der Waals surface area contributed by atoms with E-state index in [1.54, 1.807) is 6.07 Å². The molecule has 4 heavy (non-hydrogen) atoms. The first-order valence-corrected chi connectivity index (χ1v) is 0.724. The van der Waals surface area contributed by atoms with E-state index >= 15 is 0 Å². The van der Waals surface area contributed by atoms with Crippen LogP contribution in [-0.4, -0.2) is 0 Å². The predicted octanol–water partition coefficient (Wildman–Crippen LogP) is 0.527. The minimum atomic E-state index is 0. The van der Waals surface area contributed by atoms with Crippen LogP contribution in [0.2, 0.25) is 0 Å². The van der Waals surface area contributed by atoms with Crippen LogP contribution in [0.15, 0.2) is 0 Å². The summed E-state index contributed by atoms with van der Waals surface area (Å²) in [6.07, 6.45) is 0. The maximum atomic E-state index is 7.32. The van der Waals surface area contributed by atoms with E-state index in [1.807, 2.05) is 0 Å². The van der Waals surface area contributed by atoms with Gasteiger partial charge in [-0.25, -0.2) is 0 Å². The topological polar surface area (TPSA) is 23.8 Å². The van der Waals surface area contributed by atoms with Gasteiger partial charge in [-0.3, -0.25) is 0 Å². The fraction of sp³-hybridized carbons (Fsp3) is 0.500. The Morgan fingerprint density at radius 1 is 1.75 bits per heavy atom. The Balaban J connectivity index is 0. The number of hydrogen-bond acceptors (Lipinski definition) is 1. The molecule has 0 aromatic rings. The molecule has 0 bridgehead atoms. The van der Waals surface area contributed by atoms with Crippen LogP contribution in [0.3, 0.4) is 0 Å². The molecule has 0 aliphatic rings. The van der Waals surface area contributed by atoms with Gasteiger partial charge < -0.3 is 0 Å². The molecule has 0 unspecified atom stereocenters. The third-order valence-corrected chi connectivity index (χ3v) is 0. The molecular formula is C2H3NPd+2. The van der Waals surface area contributed by atoms with Gasteiger partial charge in [0.2, 0.25) is 0 Å². The number of rotatable bonds is 0. The van der Waals surface area contributed by atoms with E-state index in [-0.39, 0.29) is 20.4 Å². The molecule has 0 saturated heterocycles. The minimum absolute atomic E-state index is 0. The summed E-state index contributed by atoms with van der Waals surface area (Å²) < 4.78 is 0. The van der Waals surface area contributed by atoms with Crippen molar-refractivity contribution in [1.29, 1.82) is 5.26 Å². The molecule has 24 valence electrons. The average Bonchev–Trinajstić information content (AvgIpc) is 0.918. The van der Waals surface area contributed by atoms with Crippen LogP contribution in [-0.2, 0) is 20.4 Å². The van der Waals surface area contributed by atoms with Crippen LogP contribution in [0, 0.1) is 11.3 Å². The van der Waals surface area contributed by atoms with Crippen molar-refractivity contribution in [2.45, 2.75) is 6.92 Å². The van der Waals surface area contributed by atoms with Crippen LogP contribution in [0.1, 0.15) is 6.92 Å². The van der Waals surface area contributed by atoms with E-state index in [4.69, 9.17) is 5.26 Å². The smallest absolute Gasteiger partial charge is 0.199 e. The van der Waals surface area contributed by atoms with E-state index in [1.165, 1.54) is 6.92 Å². The average molecular weight is 147 g/mol. The molecule has 0 saturated carbocycles. The van der Waals surface area contributed by atoms with E-state index < -0.39 is 0 Å². The molecule has 0 aromatic heterocycles. The fourth-order valence-electron chi connectivity index (χ4n) is 0. The number of nitrogens with zero attached hydrogens (tertiary/aromatic N) is 1. The van der Waals surface area contributed by atoms with Crippen LogP contribution in [0.5, 0.6) is 0 Å². The molecule has 1 nitrogen and oxygen atoms in total. The van der Waals surface area contributed by atoms with Gasteiger partial charge in [-0.1, -0.05) is 0 Å². The largest absolute Gasteiger partial charge is 2.00 e. The molecule has 0 rings (SSSR count). The van der Waals surface area contributed by atoms with Crippen molar-refractivity contribution in [2.24, 2.45) is 0 Å². The Bertz CT molecular complexity index is 27.5. The van der Waals surface area contributed by atoms with E-state index in [2.05, 4.69) is 0 Å². The third kappa shape index (κ3) is 123. The van der Waals surface area contributed by atoms with Crippen molar-refractivity contribution >= 4 is 0 Å². The molecule has 0 radical (unpaired) electrons. The molecule has 0 aliphatic carbocycles. The Labute approximate surface area is 39.3 Å². The van der Waals surface area contributed by atoms with Crippen molar-refractivity contribution in [1.82, 2.24) is 0 Å². The molecule has 0 amide bonds. The van der Waals surface area contributed by atoms with Gasteiger partial charge in [0.1, 0.15) is 0 Å². The molecule has 0 heterocycles. The van der Waals surface area contributed by atoms with Gasteiger partial charge in [0, 0.05) is 6.92 Å². The summed E-state index contributed by atoms with van der Waals surface area (Å²) in [6.45, 7) is 1.43. The summed E-state index contributed by atoms with van der Waals surface area (Å²) in [5.41, 5.74) is 0. The molecule has 0 atom stereocenters. The molecule has 0 N–H and O–H groups in total. The molecular weight excluding hydrogens is 144 g/mol. The second-order valence-corrected chi connectivity index (χ2v) is 0.224. The standard InChI is InChI=1S/C2H3N.Pd/c1-2-3;/h1H3;/q;+2. The number of hydrogen-bond donors (Lipinski definition) is 0. The van der Waals surface area contributed by atoms with Gasteiger partial charge in [-0.05, 0) is 0 Å². The second kappa shape index (κ2) is 11.0. The van der Waals surface area contributed by atoms with Crippen LogP contribution >= 0.6 is 0 Å². The Kier molecular flexibility index (Phi) is 24.5. The van der Waals surface area contributed by atoms with Crippen LogP contribution < -0.4 is 0 Å². The number of nitriles is 1. The summed E-state index contributed by atoms with van der Waals surface area (Å²) in [6, 6.07) is 1.75.